The number of nitrogens with one attached hydrogen (secondary N) is 1. The van der Waals surface area contributed by atoms with E-state index in [4.69, 9.17) is 0 Å². The molecule has 0 saturated carbocycles. The number of carbonyl (C=O) groups is 1. The third-order valence-corrected chi connectivity index (χ3v) is 1.49. The Morgan fingerprint density at radius 2 is 2.23 bits per heavy atom. The summed E-state index contributed by atoms with van der Waals surface area (Å²) in [5, 5.41) is 2.61. The van der Waals surface area contributed by atoms with Crippen molar-refractivity contribution in [1.82, 2.24) is 9.97 Å². The van der Waals surface area contributed by atoms with Crippen LogP contribution in [0.3, 0.4) is 0 Å². The van der Waals surface area contributed by atoms with Gasteiger partial charge in [0.05, 0.1) is 0 Å². The van der Waals surface area contributed by atoms with Gasteiger partial charge < -0.3 is 5.32 Å². The fourth-order valence-corrected chi connectivity index (χ4v) is 0.902. The zero-order valence-corrected chi connectivity index (χ0v) is 8.03. The number of nitrogens with zero attached hydrogens (tertiary/aromatic N) is 2. The number of hydrogen-bond donors (Lipinski definition) is 1. The highest BCUT2D eigenvalue weighted by Crippen LogP contribution is 2.10. The van der Waals surface area contributed by atoms with Crippen molar-refractivity contribution in [3.8, 4) is 0 Å². The molecule has 0 unspecified atom stereocenters. The highest BCUT2D eigenvalue weighted by atomic mass is 16.1. The Bertz CT molecular complexity index is 309. The van der Waals surface area contributed by atoms with Crippen molar-refractivity contribution in [2.75, 3.05) is 5.32 Å². The van der Waals surface area contributed by atoms with Crippen LogP contribution in [0.4, 0.5) is 5.82 Å². The summed E-state index contributed by atoms with van der Waals surface area (Å²) in [7, 11) is 0. The minimum atomic E-state index is -0.117. The monoisotopic (exact) mass is 179 g/mol. The lowest BCUT2D eigenvalue weighted by Crippen LogP contribution is -2.09. The molecule has 4 heteroatoms. The summed E-state index contributed by atoms with van der Waals surface area (Å²) in [6.07, 6.45) is 1.65. The van der Waals surface area contributed by atoms with Crippen molar-refractivity contribution in [2.45, 2.75) is 26.7 Å². The van der Waals surface area contributed by atoms with Crippen LogP contribution in [-0.4, -0.2) is 15.9 Å². The molecule has 1 heterocycles. The summed E-state index contributed by atoms with van der Waals surface area (Å²) >= 11 is 0. The Kier molecular flexibility index (Phi) is 2.95. The Morgan fingerprint density at radius 1 is 1.54 bits per heavy atom. The molecule has 0 spiro atoms. The molecule has 1 amide bonds. The molecule has 0 bridgehead atoms. The fraction of sp³-hybridized carbons (Fsp3) is 0.444. The summed E-state index contributed by atoms with van der Waals surface area (Å²) in [6.45, 7) is 5.47. The van der Waals surface area contributed by atoms with E-state index >= 15 is 0 Å². The third kappa shape index (κ3) is 2.82. The molecule has 13 heavy (non-hydrogen) atoms. The quantitative estimate of drug-likeness (QED) is 0.749. The van der Waals surface area contributed by atoms with Crippen molar-refractivity contribution in [2.24, 2.45) is 0 Å². The van der Waals surface area contributed by atoms with Gasteiger partial charge in [0, 0.05) is 19.0 Å². The van der Waals surface area contributed by atoms with Crippen LogP contribution in [0.5, 0.6) is 0 Å². The number of aromatic nitrogens is 2. The van der Waals surface area contributed by atoms with E-state index in [9.17, 15) is 4.79 Å². The average molecular weight is 179 g/mol. The highest BCUT2D eigenvalue weighted by Gasteiger charge is 2.03. The van der Waals surface area contributed by atoms with Crippen LogP contribution in [0.25, 0.3) is 0 Å². The molecule has 1 rings (SSSR count). The van der Waals surface area contributed by atoms with E-state index in [2.05, 4.69) is 15.3 Å². The summed E-state index contributed by atoms with van der Waals surface area (Å²) < 4.78 is 0. The lowest BCUT2D eigenvalue weighted by molar-refractivity contribution is -0.114. The van der Waals surface area contributed by atoms with Gasteiger partial charge in [-0.1, -0.05) is 13.8 Å². The van der Waals surface area contributed by atoms with Gasteiger partial charge in [-0.3, -0.25) is 4.79 Å². The smallest absolute Gasteiger partial charge is 0.222 e. The van der Waals surface area contributed by atoms with Crippen LogP contribution < -0.4 is 5.32 Å². The molecule has 0 radical (unpaired) electrons. The predicted octanol–water partition coefficient (Wildman–Crippen LogP) is 1.56. The Labute approximate surface area is 77.4 Å². The molecule has 0 aliphatic carbocycles. The van der Waals surface area contributed by atoms with E-state index < -0.39 is 0 Å². The maximum atomic E-state index is 10.7. The lowest BCUT2D eigenvalue weighted by Gasteiger charge is -2.05. The first-order valence-electron chi connectivity index (χ1n) is 4.20. The standard InChI is InChI=1S/C9H13N3O/c1-6(2)9-10-5-4-8(12-9)11-7(3)13/h4-6H,1-3H3,(H,10,11,12,13). The van der Waals surface area contributed by atoms with Crippen LogP contribution in [0.1, 0.15) is 32.5 Å². The molecular weight excluding hydrogens is 166 g/mol. The number of carbonyl (C=O) groups excluding carboxylic acids is 1. The Morgan fingerprint density at radius 3 is 2.77 bits per heavy atom. The van der Waals surface area contributed by atoms with Gasteiger partial charge in [-0.25, -0.2) is 9.97 Å². The van der Waals surface area contributed by atoms with E-state index in [0.29, 0.717) is 5.82 Å². The van der Waals surface area contributed by atoms with Crippen LogP contribution in [-0.2, 0) is 4.79 Å². The second-order valence-electron chi connectivity index (χ2n) is 3.14. The molecule has 1 aromatic heterocycles. The minimum Gasteiger partial charge on any atom is -0.311 e. The van der Waals surface area contributed by atoms with Gasteiger partial charge in [0.1, 0.15) is 11.6 Å². The molecule has 0 aromatic carbocycles. The number of amides is 1. The molecule has 0 saturated heterocycles. The van der Waals surface area contributed by atoms with Gasteiger partial charge >= 0.3 is 0 Å². The largest absolute Gasteiger partial charge is 0.311 e. The first-order chi connectivity index (χ1) is 6.09. The second-order valence-corrected chi connectivity index (χ2v) is 3.14. The number of anilines is 1. The van der Waals surface area contributed by atoms with Crippen molar-refractivity contribution < 1.29 is 4.79 Å². The number of rotatable bonds is 2. The summed E-state index contributed by atoms with van der Waals surface area (Å²) in [5.74, 6) is 1.46. The van der Waals surface area contributed by atoms with Gasteiger partial charge in [0.25, 0.3) is 0 Å². The Hall–Kier alpha value is -1.45. The first-order valence-corrected chi connectivity index (χ1v) is 4.20. The normalized spacial score (nSPS) is 10.2. The maximum absolute atomic E-state index is 10.7. The van der Waals surface area contributed by atoms with Crippen molar-refractivity contribution in [1.29, 1.82) is 0 Å². The molecule has 0 fully saturated rings. The Balaban J connectivity index is 2.85. The van der Waals surface area contributed by atoms with Crippen LogP contribution in [0.15, 0.2) is 12.3 Å². The van der Waals surface area contributed by atoms with Crippen molar-refractivity contribution in [3.05, 3.63) is 18.1 Å². The second kappa shape index (κ2) is 3.98. The van der Waals surface area contributed by atoms with Crippen LogP contribution in [0, 0.1) is 0 Å². The molecule has 0 aliphatic rings. The van der Waals surface area contributed by atoms with Gasteiger partial charge in [-0.15, -0.1) is 0 Å². The molecule has 1 N–H and O–H groups in total. The zero-order valence-electron chi connectivity index (χ0n) is 8.03. The van der Waals surface area contributed by atoms with Crippen molar-refractivity contribution in [3.63, 3.8) is 0 Å². The third-order valence-electron chi connectivity index (χ3n) is 1.49. The van der Waals surface area contributed by atoms with E-state index in [1.165, 1.54) is 6.92 Å². The summed E-state index contributed by atoms with van der Waals surface area (Å²) in [5.41, 5.74) is 0. The van der Waals surface area contributed by atoms with E-state index in [1.54, 1.807) is 12.3 Å². The zero-order chi connectivity index (χ0) is 9.84. The molecule has 70 valence electrons. The van der Waals surface area contributed by atoms with Crippen LogP contribution in [0.2, 0.25) is 0 Å². The minimum absolute atomic E-state index is 0.117. The lowest BCUT2D eigenvalue weighted by atomic mass is 10.2. The fourth-order valence-electron chi connectivity index (χ4n) is 0.902. The molecule has 1 aromatic rings. The first kappa shape index (κ1) is 9.64. The van der Waals surface area contributed by atoms with E-state index in [-0.39, 0.29) is 11.8 Å². The van der Waals surface area contributed by atoms with Crippen molar-refractivity contribution >= 4 is 11.7 Å². The van der Waals surface area contributed by atoms with E-state index in [0.717, 1.165) is 5.82 Å². The highest BCUT2D eigenvalue weighted by molar-refractivity contribution is 5.87. The van der Waals surface area contributed by atoms with E-state index in [1.807, 2.05) is 13.8 Å². The van der Waals surface area contributed by atoms with Gasteiger partial charge in [0.2, 0.25) is 5.91 Å². The molecule has 0 atom stereocenters. The topological polar surface area (TPSA) is 54.9 Å². The maximum Gasteiger partial charge on any atom is 0.222 e. The van der Waals surface area contributed by atoms with Gasteiger partial charge in [0.15, 0.2) is 0 Å². The van der Waals surface area contributed by atoms with Crippen LogP contribution >= 0.6 is 0 Å². The van der Waals surface area contributed by atoms with Gasteiger partial charge in [-0.05, 0) is 6.07 Å². The molecule has 0 aliphatic heterocycles. The molecular formula is C9H13N3O. The predicted molar refractivity (Wildman–Crippen MR) is 50.4 cm³/mol. The van der Waals surface area contributed by atoms with Gasteiger partial charge in [-0.2, -0.15) is 0 Å². The summed E-state index contributed by atoms with van der Waals surface area (Å²) in [4.78, 5) is 19.0. The number of hydrogen-bond acceptors (Lipinski definition) is 3. The summed E-state index contributed by atoms with van der Waals surface area (Å²) in [6, 6.07) is 1.67. The SMILES string of the molecule is CC(=O)Nc1ccnc(C(C)C)n1. The average Bonchev–Trinajstić information content (AvgIpc) is 2.03. The molecule has 4 nitrogen and oxygen atoms in total.